The third-order valence-electron chi connectivity index (χ3n) is 2.71. The molecule has 1 aromatic carbocycles. The second kappa shape index (κ2) is 8.38. The lowest BCUT2D eigenvalue weighted by atomic mass is 10.1. The molecule has 0 aromatic heterocycles. The molecule has 0 aliphatic carbocycles. The van der Waals surface area contributed by atoms with E-state index in [1.807, 2.05) is 0 Å². The van der Waals surface area contributed by atoms with Crippen LogP contribution in [-0.2, 0) is 28.7 Å². The summed E-state index contributed by atoms with van der Waals surface area (Å²) in [6.07, 6.45) is -4.01. The number of hydrogen-bond acceptors (Lipinski definition) is 8. The first-order chi connectivity index (χ1) is 11.6. The molecule has 0 radical (unpaired) electrons. The standard InChI is InChI=1S/C14H14N2O9/c1-7(17)24-11(12(14(20)21)25-8(2)18)13(19)15-9-3-5-10(6-4-9)16(22)23/h3-6,11-12H,1-2H3,(H,15,19)(H,20,21). The first kappa shape index (κ1) is 19.5. The maximum Gasteiger partial charge on any atom is 0.349 e. The summed E-state index contributed by atoms with van der Waals surface area (Å²) in [7, 11) is 0. The number of aliphatic carboxylic acids is 1. The highest BCUT2D eigenvalue weighted by Crippen LogP contribution is 2.17. The number of nitrogens with zero attached hydrogens (tertiary/aromatic N) is 1. The van der Waals surface area contributed by atoms with Crippen molar-refractivity contribution >= 4 is 35.2 Å². The molecule has 0 fully saturated rings. The summed E-state index contributed by atoms with van der Waals surface area (Å²) in [4.78, 5) is 55.5. The van der Waals surface area contributed by atoms with Crippen LogP contribution in [0.1, 0.15) is 13.8 Å². The smallest absolute Gasteiger partial charge is 0.349 e. The van der Waals surface area contributed by atoms with Crippen LogP contribution in [0.2, 0.25) is 0 Å². The highest BCUT2D eigenvalue weighted by molar-refractivity contribution is 5.99. The number of nitro groups is 1. The highest BCUT2D eigenvalue weighted by Gasteiger charge is 2.39. The summed E-state index contributed by atoms with van der Waals surface area (Å²) in [5.41, 5.74) is -0.141. The number of carbonyl (C=O) groups excluding carboxylic acids is 3. The van der Waals surface area contributed by atoms with E-state index >= 15 is 0 Å². The Balaban J connectivity index is 3.02. The summed E-state index contributed by atoms with van der Waals surface area (Å²) in [5, 5.41) is 21.9. The van der Waals surface area contributed by atoms with Crippen LogP contribution in [0.5, 0.6) is 0 Å². The van der Waals surface area contributed by atoms with Crippen molar-refractivity contribution in [2.45, 2.75) is 26.1 Å². The van der Waals surface area contributed by atoms with Gasteiger partial charge < -0.3 is 19.9 Å². The van der Waals surface area contributed by atoms with Gasteiger partial charge in [0.2, 0.25) is 12.2 Å². The molecule has 1 amide bonds. The van der Waals surface area contributed by atoms with Crippen molar-refractivity contribution in [1.82, 2.24) is 0 Å². The fourth-order valence-electron chi connectivity index (χ4n) is 1.73. The average Bonchev–Trinajstić information content (AvgIpc) is 2.50. The SMILES string of the molecule is CC(=O)OC(C(=O)O)C(OC(C)=O)C(=O)Nc1ccc([N+](=O)[O-])cc1. The van der Waals surface area contributed by atoms with Gasteiger partial charge in [-0.15, -0.1) is 0 Å². The van der Waals surface area contributed by atoms with Crippen molar-refractivity contribution in [2.24, 2.45) is 0 Å². The molecule has 0 saturated heterocycles. The Morgan fingerprint density at radius 3 is 1.92 bits per heavy atom. The fourth-order valence-corrected chi connectivity index (χ4v) is 1.73. The summed E-state index contributed by atoms with van der Waals surface area (Å²) >= 11 is 0. The van der Waals surface area contributed by atoms with Crippen molar-refractivity contribution < 1.29 is 38.7 Å². The van der Waals surface area contributed by atoms with Crippen LogP contribution in [0, 0.1) is 10.1 Å². The number of anilines is 1. The molecule has 2 N–H and O–H groups in total. The number of nitrogens with one attached hydrogen (secondary N) is 1. The third-order valence-corrected chi connectivity index (χ3v) is 2.71. The van der Waals surface area contributed by atoms with E-state index in [1.165, 1.54) is 12.1 Å². The Labute approximate surface area is 140 Å². The Bertz CT molecular complexity index is 699. The number of ether oxygens (including phenoxy) is 2. The van der Waals surface area contributed by atoms with E-state index in [0.29, 0.717) is 0 Å². The minimum Gasteiger partial charge on any atom is -0.478 e. The molecule has 0 bridgehead atoms. The monoisotopic (exact) mass is 354 g/mol. The molecule has 2 unspecified atom stereocenters. The molecule has 2 atom stereocenters. The number of amides is 1. The van der Waals surface area contributed by atoms with Gasteiger partial charge >= 0.3 is 17.9 Å². The van der Waals surface area contributed by atoms with Gasteiger partial charge in [0.1, 0.15) is 0 Å². The second-order valence-electron chi connectivity index (χ2n) is 4.69. The molecule has 1 rings (SSSR count). The Morgan fingerprint density at radius 1 is 1.04 bits per heavy atom. The molecule has 1 aromatic rings. The Hall–Kier alpha value is -3.50. The number of benzene rings is 1. The van der Waals surface area contributed by atoms with E-state index in [2.05, 4.69) is 14.8 Å². The topological polar surface area (TPSA) is 162 Å². The van der Waals surface area contributed by atoms with Crippen molar-refractivity contribution in [3.05, 3.63) is 34.4 Å². The largest absolute Gasteiger partial charge is 0.478 e. The van der Waals surface area contributed by atoms with Gasteiger partial charge in [-0.3, -0.25) is 24.5 Å². The maximum absolute atomic E-state index is 12.2. The number of carbonyl (C=O) groups is 4. The Kier molecular flexibility index (Phi) is 6.55. The van der Waals surface area contributed by atoms with Crippen LogP contribution in [0.3, 0.4) is 0 Å². The quantitative estimate of drug-likeness (QED) is 0.403. The number of rotatable bonds is 7. The summed E-state index contributed by atoms with van der Waals surface area (Å²) in [6.45, 7) is 1.87. The molecule has 25 heavy (non-hydrogen) atoms. The van der Waals surface area contributed by atoms with Crippen LogP contribution in [0.15, 0.2) is 24.3 Å². The minimum atomic E-state index is -2.06. The van der Waals surface area contributed by atoms with E-state index in [1.54, 1.807) is 0 Å². The number of esters is 2. The third kappa shape index (κ3) is 5.89. The molecule has 0 spiro atoms. The Morgan fingerprint density at radius 2 is 1.52 bits per heavy atom. The molecule has 11 heteroatoms. The zero-order chi connectivity index (χ0) is 19.1. The molecule has 11 nitrogen and oxygen atoms in total. The van der Waals surface area contributed by atoms with Gasteiger partial charge in [0.25, 0.3) is 11.6 Å². The predicted octanol–water partition coefficient (Wildman–Crippen LogP) is 0.481. The fraction of sp³-hybridized carbons (Fsp3) is 0.286. The van der Waals surface area contributed by atoms with Crippen LogP contribution in [-0.4, -0.2) is 46.1 Å². The van der Waals surface area contributed by atoms with E-state index < -0.39 is 40.9 Å². The van der Waals surface area contributed by atoms with Crippen molar-refractivity contribution in [3.63, 3.8) is 0 Å². The van der Waals surface area contributed by atoms with Crippen LogP contribution in [0.25, 0.3) is 0 Å². The molecule has 0 saturated carbocycles. The van der Waals surface area contributed by atoms with E-state index in [9.17, 15) is 29.3 Å². The van der Waals surface area contributed by atoms with Gasteiger partial charge in [-0.25, -0.2) is 4.79 Å². The summed E-state index contributed by atoms with van der Waals surface area (Å²) < 4.78 is 9.17. The van der Waals surface area contributed by atoms with Crippen LogP contribution >= 0.6 is 0 Å². The predicted molar refractivity (Wildman–Crippen MR) is 80.5 cm³/mol. The van der Waals surface area contributed by atoms with E-state index in [0.717, 1.165) is 26.0 Å². The highest BCUT2D eigenvalue weighted by atomic mass is 16.6. The minimum absolute atomic E-state index is 0.0831. The van der Waals surface area contributed by atoms with Crippen molar-refractivity contribution in [3.8, 4) is 0 Å². The van der Waals surface area contributed by atoms with Gasteiger partial charge in [0.15, 0.2) is 0 Å². The molecular formula is C14H14N2O9. The lowest BCUT2D eigenvalue weighted by Crippen LogP contribution is -2.47. The number of hydrogen-bond donors (Lipinski definition) is 2. The molecule has 134 valence electrons. The van der Waals surface area contributed by atoms with Gasteiger partial charge in [-0.2, -0.15) is 0 Å². The summed E-state index contributed by atoms with van der Waals surface area (Å²) in [5.74, 6) is -4.74. The maximum atomic E-state index is 12.2. The molecule has 0 heterocycles. The normalized spacial score (nSPS) is 12.4. The van der Waals surface area contributed by atoms with Crippen molar-refractivity contribution in [1.29, 1.82) is 0 Å². The van der Waals surface area contributed by atoms with E-state index in [-0.39, 0.29) is 11.4 Å². The van der Waals surface area contributed by atoms with Crippen molar-refractivity contribution in [2.75, 3.05) is 5.32 Å². The first-order valence-electron chi connectivity index (χ1n) is 6.74. The van der Waals surface area contributed by atoms with Gasteiger partial charge in [-0.1, -0.05) is 0 Å². The zero-order valence-corrected chi connectivity index (χ0v) is 13.1. The van der Waals surface area contributed by atoms with Crippen LogP contribution < -0.4 is 5.32 Å². The number of non-ortho nitro benzene ring substituents is 1. The van der Waals surface area contributed by atoms with Gasteiger partial charge in [0, 0.05) is 31.7 Å². The lowest BCUT2D eigenvalue weighted by Gasteiger charge is -2.22. The molecule has 0 aliphatic heterocycles. The van der Waals surface area contributed by atoms with Gasteiger partial charge in [-0.05, 0) is 12.1 Å². The second-order valence-corrected chi connectivity index (χ2v) is 4.69. The first-order valence-corrected chi connectivity index (χ1v) is 6.74. The number of carboxylic acid groups (broad SMARTS) is 1. The van der Waals surface area contributed by atoms with Gasteiger partial charge in [0.05, 0.1) is 4.92 Å². The zero-order valence-electron chi connectivity index (χ0n) is 13.1. The van der Waals surface area contributed by atoms with Crippen LogP contribution in [0.4, 0.5) is 11.4 Å². The average molecular weight is 354 g/mol. The lowest BCUT2D eigenvalue weighted by molar-refractivity contribution is -0.384. The molecular weight excluding hydrogens is 340 g/mol. The summed E-state index contributed by atoms with van der Waals surface area (Å²) in [6, 6.07) is 4.61. The number of carboxylic acids is 1. The van der Waals surface area contributed by atoms with E-state index in [4.69, 9.17) is 5.11 Å². The molecule has 0 aliphatic rings. The number of nitro benzene ring substituents is 1.